The van der Waals surface area contributed by atoms with E-state index < -0.39 is 0 Å². The number of hydrogen-bond acceptors (Lipinski definition) is 1. The van der Waals surface area contributed by atoms with Crippen molar-refractivity contribution in [3.63, 3.8) is 0 Å². The molecular weight excluding hydrogens is 362 g/mol. The van der Waals surface area contributed by atoms with E-state index in [-0.39, 0.29) is 6.04 Å². The zero-order valence-corrected chi connectivity index (χ0v) is 19.2. The van der Waals surface area contributed by atoms with E-state index in [0.29, 0.717) is 5.92 Å². The predicted molar refractivity (Wildman–Crippen MR) is 132 cm³/mol. The number of hydrogen-bond donors (Lipinski definition) is 0. The first-order chi connectivity index (χ1) is 14.5. The number of rotatable bonds is 7. The molecular formula is C29H35N. The van der Waals surface area contributed by atoms with E-state index in [1.807, 2.05) is 0 Å². The number of aliphatic imine (C=N–C) groups is 1. The van der Waals surface area contributed by atoms with Gasteiger partial charge in [0.25, 0.3) is 0 Å². The van der Waals surface area contributed by atoms with Crippen molar-refractivity contribution in [3.05, 3.63) is 101 Å². The lowest BCUT2D eigenvalue weighted by Gasteiger charge is -2.25. The molecule has 1 aliphatic heterocycles. The first-order valence-corrected chi connectivity index (χ1v) is 11.3. The summed E-state index contributed by atoms with van der Waals surface area (Å²) in [5, 5.41) is 0. The molecule has 1 heterocycles. The summed E-state index contributed by atoms with van der Waals surface area (Å²) in [7, 11) is 0. The second-order valence-corrected chi connectivity index (χ2v) is 8.33. The first kappa shape index (κ1) is 22.0. The van der Waals surface area contributed by atoms with Gasteiger partial charge in [0.1, 0.15) is 0 Å². The lowest BCUT2D eigenvalue weighted by atomic mass is 9.86. The average Bonchev–Trinajstić information content (AvgIpc) is 2.79. The van der Waals surface area contributed by atoms with Crippen LogP contribution in [-0.4, -0.2) is 11.8 Å². The van der Waals surface area contributed by atoms with Gasteiger partial charge in [0.2, 0.25) is 0 Å². The Morgan fingerprint density at radius 3 is 2.53 bits per heavy atom. The van der Waals surface area contributed by atoms with Crippen LogP contribution in [0.3, 0.4) is 0 Å². The molecule has 2 atom stereocenters. The standard InChI is InChI=1S/C29H35N/c1-6-9-13-23(8-3)28-19-27(20-29(30-28)24-14-11-10-12-15-24)26-17-21(4)16-25(18-26)22(5)7-2/h6,9-18,20,22,28H,7-8,19H2,1-5H3. The van der Waals surface area contributed by atoms with Crippen molar-refractivity contribution in [1.29, 1.82) is 0 Å². The molecule has 2 aromatic rings. The lowest BCUT2D eigenvalue weighted by Crippen LogP contribution is -2.18. The Morgan fingerprint density at radius 1 is 1.10 bits per heavy atom. The fourth-order valence-corrected chi connectivity index (χ4v) is 4.07. The van der Waals surface area contributed by atoms with Crippen LogP contribution >= 0.6 is 0 Å². The maximum absolute atomic E-state index is 5.19. The highest BCUT2D eigenvalue weighted by Gasteiger charge is 2.22. The molecule has 0 saturated heterocycles. The zero-order valence-electron chi connectivity index (χ0n) is 19.2. The van der Waals surface area contributed by atoms with Gasteiger partial charge in [-0.2, -0.15) is 0 Å². The molecule has 0 bridgehead atoms. The van der Waals surface area contributed by atoms with Crippen LogP contribution in [0.15, 0.2) is 83.4 Å². The van der Waals surface area contributed by atoms with Crippen molar-refractivity contribution in [2.24, 2.45) is 4.99 Å². The smallest absolute Gasteiger partial charge is 0.0759 e. The molecule has 0 aromatic heterocycles. The van der Waals surface area contributed by atoms with E-state index in [1.165, 1.54) is 33.4 Å². The van der Waals surface area contributed by atoms with Gasteiger partial charge in [0.05, 0.1) is 11.8 Å². The summed E-state index contributed by atoms with van der Waals surface area (Å²) in [4.78, 5) is 5.19. The van der Waals surface area contributed by atoms with Gasteiger partial charge in [-0.15, -0.1) is 0 Å². The van der Waals surface area contributed by atoms with E-state index in [0.717, 1.165) is 25.0 Å². The van der Waals surface area contributed by atoms with E-state index in [4.69, 9.17) is 4.99 Å². The summed E-state index contributed by atoms with van der Waals surface area (Å²) < 4.78 is 0. The predicted octanol–water partition coefficient (Wildman–Crippen LogP) is 8.07. The molecule has 0 aliphatic carbocycles. The highest BCUT2D eigenvalue weighted by atomic mass is 14.8. The van der Waals surface area contributed by atoms with Gasteiger partial charge in [0, 0.05) is 0 Å². The second-order valence-electron chi connectivity index (χ2n) is 8.33. The molecule has 156 valence electrons. The van der Waals surface area contributed by atoms with Crippen molar-refractivity contribution in [2.45, 2.75) is 65.8 Å². The van der Waals surface area contributed by atoms with Crippen LogP contribution in [0.5, 0.6) is 0 Å². The molecule has 1 nitrogen and oxygen atoms in total. The summed E-state index contributed by atoms with van der Waals surface area (Å²) in [5.41, 5.74) is 9.19. The van der Waals surface area contributed by atoms with Crippen LogP contribution in [0.2, 0.25) is 0 Å². The average molecular weight is 398 g/mol. The number of nitrogens with zero attached hydrogens (tertiary/aromatic N) is 1. The van der Waals surface area contributed by atoms with Crippen LogP contribution in [0.25, 0.3) is 5.57 Å². The zero-order chi connectivity index (χ0) is 21.5. The molecule has 1 aliphatic rings. The van der Waals surface area contributed by atoms with Gasteiger partial charge in [-0.1, -0.05) is 93.1 Å². The van der Waals surface area contributed by atoms with Gasteiger partial charge < -0.3 is 0 Å². The van der Waals surface area contributed by atoms with Gasteiger partial charge in [-0.25, -0.2) is 0 Å². The Bertz CT molecular complexity index is 973. The van der Waals surface area contributed by atoms with Gasteiger partial charge in [-0.3, -0.25) is 4.99 Å². The quantitative estimate of drug-likeness (QED) is 0.419. The molecule has 1 heteroatoms. The molecule has 0 saturated carbocycles. The summed E-state index contributed by atoms with van der Waals surface area (Å²) in [6.07, 6.45) is 11.9. The van der Waals surface area contributed by atoms with Crippen LogP contribution in [0.1, 0.15) is 75.1 Å². The number of dihydropyridines is 1. The minimum atomic E-state index is 0.189. The lowest BCUT2D eigenvalue weighted by molar-refractivity contribution is 0.731. The van der Waals surface area contributed by atoms with E-state index >= 15 is 0 Å². The third kappa shape index (κ3) is 5.27. The molecule has 3 rings (SSSR count). The third-order valence-corrected chi connectivity index (χ3v) is 6.08. The minimum Gasteiger partial charge on any atom is -0.277 e. The van der Waals surface area contributed by atoms with Gasteiger partial charge in [0.15, 0.2) is 0 Å². The Balaban J connectivity index is 2.09. The number of benzene rings is 2. The Labute approximate surface area is 183 Å². The fraction of sp³-hybridized carbons (Fsp3) is 0.345. The minimum absolute atomic E-state index is 0.189. The Hall–Kier alpha value is -2.67. The maximum atomic E-state index is 5.19. The van der Waals surface area contributed by atoms with Crippen molar-refractivity contribution in [3.8, 4) is 0 Å². The molecule has 0 fully saturated rings. The van der Waals surface area contributed by atoms with E-state index in [9.17, 15) is 0 Å². The second kappa shape index (κ2) is 10.4. The van der Waals surface area contributed by atoms with Gasteiger partial charge in [-0.05, 0) is 72.9 Å². The third-order valence-electron chi connectivity index (χ3n) is 6.08. The maximum Gasteiger partial charge on any atom is 0.0759 e. The molecule has 0 amide bonds. The van der Waals surface area contributed by atoms with Crippen LogP contribution in [0.4, 0.5) is 0 Å². The molecule has 0 radical (unpaired) electrons. The number of allylic oxidation sites excluding steroid dienone is 4. The molecule has 2 unspecified atom stereocenters. The first-order valence-electron chi connectivity index (χ1n) is 11.3. The van der Waals surface area contributed by atoms with Gasteiger partial charge >= 0.3 is 0 Å². The largest absolute Gasteiger partial charge is 0.277 e. The summed E-state index contributed by atoms with van der Waals surface area (Å²) >= 11 is 0. The molecule has 2 aromatic carbocycles. The van der Waals surface area contributed by atoms with E-state index in [1.54, 1.807) is 0 Å². The van der Waals surface area contributed by atoms with Crippen molar-refractivity contribution >= 4 is 11.3 Å². The van der Waals surface area contributed by atoms with Crippen molar-refractivity contribution < 1.29 is 0 Å². The normalized spacial score (nSPS) is 18.3. The topological polar surface area (TPSA) is 12.4 Å². The molecule has 30 heavy (non-hydrogen) atoms. The monoisotopic (exact) mass is 397 g/mol. The van der Waals surface area contributed by atoms with E-state index in [2.05, 4.69) is 107 Å². The Morgan fingerprint density at radius 2 is 1.87 bits per heavy atom. The van der Waals surface area contributed by atoms with Crippen LogP contribution in [0, 0.1) is 6.92 Å². The summed E-state index contributed by atoms with van der Waals surface area (Å²) in [6, 6.07) is 17.9. The fourth-order valence-electron chi connectivity index (χ4n) is 4.07. The Kier molecular flexibility index (Phi) is 7.63. The highest BCUT2D eigenvalue weighted by molar-refractivity contribution is 6.13. The van der Waals surface area contributed by atoms with Crippen molar-refractivity contribution in [1.82, 2.24) is 0 Å². The summed E-state index contributed by atoms with van der Waals surface area (Å²) in [6.45, 7) is 11.1. The highest BCUT2D eigenvalue weighted by Crippen LogP contribution is 2.33. The summed E-state index contributed by atoms with van der Waals surface area (Å²) in [5.74, 6) is 0.576. The molecule has 0 N–H and O–H groups in total. The van der Waals surface area contributed by atoms with Crippen LogP contribution in [-0.2, 0) is 0 Å². The van der Waals surface area contributed by atoms with Crippen LogP contribution < -0.4 is 0 Å². The SMILES string of the molecule is CC=CC=C(CC)C1CC(c2cc(C)cc(C(C)CC)c2)=CC(c2ccccc2)=N1. The number of aryl methyl sites for hydroxylation is 1. The van der Waals surface area contributed by atoms with Crippen molar-refractivity contribution in [2.75, 3.05) is 0 Å². The molecule has 0 spiro atoms.